The summed E-state index contributed by atoms with van der Waals surface area (Å²) in [6.45, 7) is 10.6. The number of hydrogen-bond acceptors (Lipinski definition) is 2. The molecule has 1 saturated heterocycles. The van der Waals surface area contributed by atoms with Crippen molar-refractivity contribution in [2.45, 2.75) is 71.5 Å². The monoisotopic (exact) mass is 400 g/mol. The number of halogens is 1. The molecule has 2 nitrogen and oxygen atoms in total. The third kappa shape index (κ3) is 3.83. The molecule has 1 aromatic carbocycles. The van der Waals surface area contributed by atoms with Crippen LogP contribution in [0.15, 0.2) is 18.2 Å². The molecule has 0 unspecified atom stereocenters. The molecule has 0 amide bonds. The molecule has 1 fully saturated rings. The fourth-order valence-corrected chi connectivity index (χ4v) is 3.27. The van der Waals surface area contributed by atoms with Crippen LogP contribution in [-0.4, -0.2) is 18.3 Å². The Balaban J connectivity index is 2.11. The molecular weight excluding hydrogens is 374 g/mol. The maximum absolute atomic E-state index is 6.12. The van der Waals surface area contributed by atoms with Gasteiger partial charge in [-0.3, -0.25) is 0 Å². The lowest BCUT2D eigenvalue weighted by Gasteiger charge is -2.32. The summed E-state index contributed by atoms with van der Waals surface area (Å²) in [6, 6.07) is 6.60. The molecular formula is C17H26BIO2. The highest BCUT2D eigenvalue weighted by Crippen LogP contribution is 2.36. The molecule has 21 heavy (non-hydrogen) atoms. The predicted octanol–water partition coefficient (Wildman–Crippen LogP) is 4.32. The SMILES string of the molecule is CCCCCc1ccc(B2OC(C)(C)C(C)(C)O2)cc1I. The van der Waals surface area contributed by atoms with E-state index in [1.807, 2.05) is 0 Å². The molecule has 0 N–H and O–H groups in total. The zero-order chi connectivity index (χ0) is 15.7. The van der Waals surface area contributed by atoms with Crippen molar-refractivity contribution in [2.24, 2.45) is 0 Å². The van der Waals surface area contributed by atoms with Gasteiger partial charge in [-0.1, -0.05) is 31.9 Å². The first-order valence-corrected chi connectivity index (χ1v) is 8.98. The summed E-state index contributed by atoms with van der Waals surface area (Å²) in [4.78, 5) is 0. The Labute approximate surface area is 143 Å². The average molecular weight is 400 g/mol. The van der Waals surface area contributed by atoms with E-state index in [1.54, 1.807) is 0 Å². The van der Waals surface area contributed by atoms with Gasteiger partial charge >= 0.3 is 7.12 Å². The average Bonchev–Trinajstić information content (AvgIpc) is 2.60. The summed E-state index contributed by atoms with van der Waals surface area (Å²) in [6.07, 6.45) is 5.00. The number of rotatable bonds is 5. The van der Waals surface area contributed by atoms with Crippen LogP contribution in [0.3, 0.4) is 0 Å². The quantitative estimate of drug-likeness (QED) is 0.417. The second kappa shape index (κ2) is 6.59. The molecule has 1 aliphatic heterocycles. The van der Waals surface area contributed by atoms with Gasteiger partial charge in [0.2, 0.25) is 0 Å². The van der Waals surface area contributed by atoms with Gasteiger partial charge in [0, 0.05) is 3.57 Å². The summed E-state index contributed by atoms with van der Waals surface area (Å²) in [5, 5.41) is 0. The molecule has 2 rings (SSSR count). The van der Waals surface area contributed by atoms with E-state index in [2.05, 4.69) is 75.4 Å². The van der Waals surface area contributed by atoms with Crippen LogP contribution in [0.25, 0.3) is 0 Å². The second-order valence-electron chi connectivity index (χ2n) is 6.90. The van der Waals surface area contributed by atoms with E-state index in [-0.39, 0.29) is 18.3 Å². The standard InChI is InChI=1S/C17H26BIO2/c1-6-7-8-9-13-10-11-14(12-15(13)19)18-20-16(2,3)17(4,5)21-18/h10-12H,6-9H2,1-5H3. The lowest BCUT2D eigenvalue weighted by atomic mass is 9.78. The van der Waals surface area contributed by atoms with Crippen LogP contribution < -0.4 is 5.46 Å². The van der Waals surface area contributed by atoms with Gasteiger partial charge in [-0.25, -0.2) is 0 Å². The Morgan fingerprint density at radius 2 is 1.67 bits per heavy atom. The summed E-state index contributed by atoms with van der Waals surface area (Å²) >= 11 is 2.43. The minimum atomic E-state index is -0.275. The fraction of sp³-hybridized carbons (Fsp3) is 0.647. The van der Waals surface area contributed by atoms with E-state index in [1.165, 1.54) is 28.4 Å². The molecule has 0 atom stereocenters. The number of hydrogen-bond donors (Lipinski definition) is 0. The van der Waals surface area contributed by atoms with Crippen LogP contribution in [0, 0.1) is 3.57 Å². The summed E-state index contributed by atoms with van der Waals surface area (Å²) in [5.74, 6) is 0. The molecule has 0 saturated carbocycles. The summed E-state index contributed by atoms with van der Waals surface area (Å²) < 4.78 is 13.6. The lowest BCUT2D eigenvalue weighted by Crippen LogP contribution is -2.41. The van der Waals surface area contributed by atoms with Crippen LogP contribution in [0.5, 0.6) is 0 Å². The highest BCUT2D eigenvalue weighted by molar-refractivity contribution is 14.1. The van der Waals surface area contributed by atoms with Gasteiger partial charge in [0.1, 0.15) is 0 Å². The van der Waals surface area contributed by atoms with Crippen molar-refractivity contribution in [1.82, 2.24) is 0 Å². The van der Waals surface area contributed by atoms with Crippen LogP contribution in [-0.2, 0) is 15.7 Å². The smallest absolute Gasteiger partial charge is 0.399 e. The highest BCUT2D eigenvalue weighted by Gasteiger charge is 2.51. The van der Waals surface area contributed by atoms with Crippen LogP contribution >= 0.6 is 22.6 Å². The normalized spacial score (nSPS) is 20.0. The Hall–Kier alpha value is -0.0651. The van der Waals surface area contributed by atoms with Crippen LogP contribution in [0.2, 0.25) is 0 Å². The highest BCUT2D eigenvalue weighted by atomic mass is 127. The maximum Gasteiger partial charge on any atom is 0.494 e. The van der Waals surface area contributed by atoms with Crippen molar-refractivity contribution in [3.63, 3.8) is 0 Å². The minimum Gasteiger partial charge on any atom is -0.399 e. The van der Waals surface area contributed by atoms with E-state index in [0.29, 0.717) is 0 Å². The van der Waals surface area contributed by atoms with E-state index in [0.717, 1.165) is 11.9 Å². The molecule has 0 aromatic heterocycles. The fourth-order valence-electron chi connectivity index (χ4n) is 2.46. The van der Waals surface area contributed by atoms with Crippen molar-refractivity contribution in [3.8, 4) is 0 Å². The third-order valence-electron chi connectivity index (χ3n) is 4.65. The molecule has 1 heterocycles. The zero-order valence-corrected chi connectivity index (χ0v) is 16.0. The number of benzene rings is 1. The molecule has 0 radical (unpaired) electrons. The Morgan fingerprint density at radius 3 is 2.19 bits per heavy atom. The van der Waals surface area contributed by atoms with Crippen molar-refractivity contribution in [1.29, 1.82) is 0 Å². The van der Waals surface area contributed by atoms with Gasteiger partial charge in [-0.15, -0.1) is 0 Å². The molecule has 0 spiro atoms. The number of unbranched alkanes of at least 4 members (excludes halogenated alkanes) is 2. The van der Waals surface area contributed by atoms with E-state index >= 15 is 0 Å². The molecule has 4 heteroatoms. The van der Waals surface area contributed by atoms with E-state index in [9.17, 15) is 0 Å². The van der Waals surface area contributed by atoms with Crippen molar-refractivity contribution in [3.05, 3.63) is 27.3 Å². The Kier molecular flexibility index (Phi) is 5.43. The maximum atomic E-state index is 6.12. The summed E-state index contributed by atoms with van der Waals surface area (Å²) in [5.41, 5.74) is 2.01. The van der Waals surface area contributed by atoms with Crippen molar-refractivity contribution < 1.29 is 9.31 Å². The molecule has 116 valence electrons. The van der Waals surface area contributed by atoms with Crippen molar-refractivity contribution >= 4 is 35.2 Å². The molecule has 0 bridgehead atoms. The largest absolute Gasteiger partial charge is 0.494 e. The topological polar surface area (TPSA) is 18.5 Å². The van der Waals surface area contributed by atoms with Crippen molar-refractivity contribution in [2.75, 3.05) is 0 Å². The Morgan fingerprint density at radius 1 is 1.05 bits per heavy atom. The second-order valence-corrected chi connectivity index (χ2v) is 8.06. The third-order valence-corrected chi connectivity index (χ3v) is 5.66. The van der Waals surface area contributed by atoms with Crippen LogP contribution in [0.4, 0.5) is 0 Å². The van der Waals surface area contributed by atoms with Gasteiger partial charge in [0.25, 0.3) is 0 Å². The first-order valence-electron chi connectivity index (χ1n) is 7.91. The van der Waals surface area contributed by atoms with E-state index < -0.39 is 0 Å². The lowest BCUT2D eigenvalue weighted by molar-refractivity contribution is 0.00578. The van der Waals surface area contributed by atoms with Gasteiger partial charge in [-0.2, -0.15) is 0 Å². The van der Waals surface area contributed by atoms with Crippen LogP contribution in [0.1, 0.15) is 59.4 Å². The van der Waals surface area contributed by atoms with E-state index in [4.69, 9.17) is 9.31 Å². The number of aryl methyl sites for hydroxylation is 1. The first-order chi connectivity index (χ1) is 9.77. The summed E-state index contributed by atoms with van der Waals surface area (Å²) in [7, 11) is -0.256. The Bertz CT molecular complexity index is 484. The van der Waals surface area contributed by atoms with Gasteiger partial charge < -0.3 is 9.31 Å². The first kappa shape index (κ1) is 17.3. The zero-order valence-electron chi connectivity index (χ0n) is 13.8. The molecule has 1 aliphatic rings. The predicted molar refractivity (Wildman–Crippen MR) is 98.1 cm³/mol. The molecule has 1 aromatic rings. The van der Waals surface area contributed by atoms with Gasteiger partial charge in [0.05, 0.1) is 11.2 Å². The van der Waals surface area contributed by atoms with Gasteiger partial charge in [0.15, 0.2) is 0 Å². The molecule has 0 aliphatic carbocycles. The minimum absolute atomic E-state index is 0.256. The van der Waals surface area contributed by atoms with Gasteiger partial charge in [-0.05, 0) is 80.2 Å².